The zero-order chi connectivity index (χ0) is 11.4. The molecule has 0 spiro atoms. The molecule has 2 aromatic rings. The van der Waals surface area contributed by atoms with E-state index in [1.165, 1.54) is 18.5 Å². The molecule has 0 atom stereocenters. The molecule has 5 heteroatoms. The monoisotopic (exact) mass is 219 g/mol. The first kappa shape index (κ1) is 10.4. The van der Waals surface area contributed by atoms with Gasteiger partial charge in [-0.1, -0.05) is 18.2 Å². The molecular weight excluding hydrogens is 209 g/mol. The fraction of sp³-hybridized carbons (Fsp3) is 0.0909. The molecule has 1 amide bonds. The van der Waals surface area contributed by atoms with Gasteiger partial charge in [-0.3, -0.25) is 0 Å². The number of carbonyl (C=O) groups is 1. The van der Waals surface area contributed by atoms with Crippen molar-refractivity contribution >= 4 is 6.03 Å². The van der Waals surface area contributed by atoms with Crippen molar-refractivity contribution < 1.29 is 9.18 Å². The fourth-order valence-corrected chi connectivity index (χ4v) is 1.28. The van der Waals surface area contributed by atoms with Gasteiger partial charge in [0.25, 0.3) is 0 Å². The molecule has 0 saturated heterocycles. The average Bonchev–Trinajstić information content (AvgIpc) is 2.81. The number of carbonyl (C=O) groups excluding carboxylic acids is 1. The van der Waals surface area contributed by atoms with Crippen LogP contribution in [0.5, 0.6) is 0 Å². The normalized spacial score (nSPS) is 10.1. The third kappa shape index (κ3) is 2.25. The third-order valence-corrected chi connectivity index (χ3v) is 2.10. The van der Waals surface area contributed by atoms with E-state index in [9.17, 15) is 9.18 Å². The van der Waals surface area contributed by atoms with E-state index >= 15 is 0 Å². The number of halogens is 1. The predicted molar refractivity (Wildman–Crippen MR) is 56.3 cm³/mol. The Hall–Kier alpha value is -2.17. The molecule has 4 nitrogen and oxygen atoms in total. The molecule has 0 aliphatic carbocycles. The Morgan fingerprint density at radius 3 is 2.88 bits per heavy atom. The Morgan fingerprint density at radius 1 is 1.38 bits per heavy atom. The van der Waals surface area contributed by atoms with Gasteiger partial charge in [0.2, 0.25) is 0 Å². The van der Waals surface area contributed by atoms with E-state index in [0.29, 0.717) is 5.56 Å². The van der Waals surface area contributed by atoms with Gasteiger partial charge in [0.05, 0.1) is 0 Å². The first-order valence-corrected chi connectivity index (χ1v) is 4.78. The second-order valence-corrected chi connectivity index (χ2v) is 3.20. The molecule has 0 bridgehead atoms. The zero-order valence-corrected chi connectivity index (χ0v) is 8.43. The Labute approximate surface area is 91.7 Å². The summed E-state index contributed by atoms with van der Waals surface area (Å²) in [6, 6.07) is 7.57. The number of aromatic nitrogens is 2. The highest BCUT2D eigenvalue weighted by molar-refractivity contribution is 5.75. The molecule has 0 aliphatic heterocycles. The van der Waals surface area contributed by atoms with E-state index in [1.807, 2.05) is 0 Å². The van der Waals surface area contributed by atoms with E-state index in [1.54, 1.807) is 24.3 Å². The lowest BCUT2D eigenvalue weighted by Gasteiger charge is -2.05. The highest BCUT2D eigenvalue weighted by Gasteiger charge is 2.05. The van der Waals surface area contributed by atoms with Crippen LogP contribution in [0.3, 0.4) is 0 Å². The molecule has 0 saturated carbocycles. The maximum absolute atomic E-state index is 13.2. The van der Waals surface area contributed by atoms with Crippen LogP contribution in [-0.4, -0.2) is 15.8 Å². The number of hydrogen-bond donors (Lipinski definition) is 1. The molecule has 0 radical (unpaired) electrons. The summed E-state index contributed by atoms with van der Waals surface area (Å²) in [5, 5.41) is 6.33. The number of amides is 1. The fourth-order valence-electron chi connectivity index (χ4n) is 1.28. The zero-order valence-electron chi connectivity index (χ0n) is 8.43. The van der Waals surface area contributed by atoms with E-state index < -0.39 is 0 Å². The van der Waals surface area contributed by atoms with Crippen molar-refractivity contribution in [2.24, 2.45) is 0 Å². The summed E-state index contributed by atoms with van der Waals surface area (Å²) in [4.78, 5) is 11.5. The molecule has 82 valence electrons. The lowest BCUT2D eigenvalue weighted by atomic mass is 10.2. The standard InChI is InChI=1S/C11H10FN3O/c12-10-5-2-1-4-9(10)8-13-11(16)15-7-3-6-14-15/h1-7H,8H2,(H,13,16). The van der Waals surface area contributed by atoms with Crippen LogP contribution >= 0.6 is 0 Å². The lowest BCUT2D eigenvalue weighted by Crippen LogP contribution is -2.28. The van der Waals surface area contributed by atoms with Crippen molar-refractivity contribution in [3.63, 3.8) is 0 Å². The SMILES string of the molecule is O=C(NCc1ccccc1F)n1cccn1. The number of hydrogen-bond acceptors (Lipinski definition) is 2. The van der Waals surface area contributed by atoms with Crippen molar-refractivity contribution in [3.05, 3.63) is 54.1 Å². The maximum Gasteiger partial charge on any atom is 0.342 e. The van der Waals surface area contributed by atoms with Crippen LogP contribution in [0.15, 0.2) is 42.7 Å². The quantitative estimate of drug-likeness (QED) is 0.836. The Bertz CT molecular complexity index is 482. The van der Waals surface area contributed by atoms with Gasteiger partial charge in [-0.2, -0.15) is 9.78 Å². The molecule has 1 aromatic heterocycles. The maximum atomic E-state index is 13.2. The molecule has 1 heterocycles. The summed E-state index contributed by atoms with van der Waals surface area (Å²) in [6.07, 6.45) is 3.03. The Balaban J connectivity index is 1.98. The topological polar surface area (TPSA) is 46.9 Å². The summed E-state index contributed by atoms with van der Waals surface area (Å²) in [5.41, 5.74) is 0.447. The summed E-state index contributed by atoms with van der Waals surface area (Å²) in [5.74, 6) is -0.330. The lowest BCUT2D eigenvalue weighted by molar-refractivity contribution is 0.239. The van der Waals surface area contributed by atoms with E-state index in [0.717, 1.165) is 4.68 Å². The highest BCUT2D eigenvalue weighted by atomic mass is 19.1. The minimum atomic E-state index is -0.381. The summed E-state index contributed by atoms with van der Waals surface area (Å²) >= 11 is 0. The van der Waals surface area contributed by atoms with Crippen molar-refractivity contribution in [1.29, 1.82) is 0 Å². The van der Waals surface area contributed by atoms with Crippen molar-refractivity contribution in [3.8, 4) is 0 Å². The molecular formula is C11H10FN3O. The minimum Gasteiger partial charge on any atom is -0.332 e. The highest BCUT2D eigenvalue weighted by Crippen LogP contribution is 2.05. The minimum absolute atomic E-state index is 0.144. The van der Waals surface area contributed by atoms with Gasteiger partial charge in [0.1, 0.15) is 5.82 Å². The van der Waals surface area contributed by atoms with Gasteiger partial charge in [0, 0.05) is 24.5 Å². The molecule has 16 heavy (non-hydrogen) atoms. The summed E-state index contributed by atoms with van der Waals surface area (Å²) in [7, 11) is 0. The van der Waals surface area contributed by atoms with Gasteiger partial charge >= 0.3 is 6.03 Å². The molecule has 2 rings (SSSR count). The van der Waals surface area contributed by atoms with Crippen LogP contribution in [0, 0.1) is 5.82 Å². The van der Waals surface area contributed by atoms with E-state index in [2.05, 4.69) is 10.4 Å². The largest absolute Gasteiger partial charge is 0.342 e. The van der Waals surface area contributed by atoms with Gasteiger partial charge in [-0.25, -0.2) is 9.18 Å². The molecule has 0 unspecified atom stereocenters. The van der Waals surface area contributed by atoms with Crippen LogP contribution in [0.4, 0.5) is 9.18 Å². The van der Waals surface area contributed by atoms with Gasteiger partial charge < -0.3 is 5.32 Å². The molecule has 0 aliphatic rings. The molecule has 1 aromatic carbocycles. The summed E-state index contributed by atoms with van der Waals surface area (Å²) in [6.45, 7) is 0.144. The van der Waals surface area contributed by atoms with Crippen molar-refractivity contribution in [1.82, 2.24) is 15.1 Å². The van der Waals surface area contributed by atoms with Crippen LogP contribution < -0.4 is 5.32 Å². The average molecular weight is 219 g/mol. The van der Waals surface area contributed by atoms with Crippen LogP contribution in [-0.2, 0) is 6.54 Å². The summed E-state index contributed by atoms with van der Waals surface area (Å²) < 4.78 is 14.4. The van der Waals surface area contributed by atoms with Crippen molar-refractivity contribution in [2.45, 2.75) is 6.54 Å². The smallest absolute Gasteiger partial charge is 0.332 e. The molecule has 0 fully saturated rings. The number of nitrogens with zero attached hydrogens (tertiary/aromatic N) is 2. The predicted octanol–water partition coefficient (Wildman–Crippen LogP) is 1.78. The third-order valence-electron chi connectivity index (χ3n) is 2.10. The first-order chi connectivity index (χ1) is 7.77. The second kappa shape index (κ2) is 4.57. The number of nitrogens with one attached hydrogen (secondary N) is 1. The Kier molecular flexibility index (Phi) is 2.95. The van der Waals surface area contributed by atoms with Crippen LogP contribution in [0.25, 0.3) is 0 Å². The van der Waals surface area contributed by atoms with Crippen LogP contribution in [0.2, 0.25) is 0 Å². The first-order valence-electron chi connectivity index (χ1n) is 4.78. The van der Waals surface area contributed by atoms with Gasteiger partial charge in [-0.15, -0.1) is 0 Å². The van der Waals surface area contributed by atoms with Gasteiger partial charge in [0.15, 0.2) is 0 Å². The van der Waals surface area contributed by atoms with Crippen LogP contribution in [0.1, 0.15) is 5.56 Å². The molecule has 1 N–H and O–H groups in total. The number of rotatable bonds is 2. The van der Waals surface area contributed by atoms with E-state index in [-0.39, 0.29) is 18.4 Å². The van der Waals surface area contributed by atoms with E-state index in [4.69, 9.17) is 0 Å². The van der Waals surface area contributed by atoms with Crippen molar-refractivity contribution in [2.75, 3.05) is 0 Å². The number of benzene rings is 1. The van der Waals surface area contributed by atoms with Gasteiger partial charge in [-0.05, 0) is 12.1 Å². The Morgan fingerprint density at radius 2 is 2.19 bits per heavy atom. The second-order valence-electron chi connectivity index (χ2n) is 3.20.